The van der Waals surface area contributed by atoms with E-state index in [1.165, 1.54) is 12.7 Å². The summed E-state index contributed by atoms with van der Waals surface area (Å²) in [5.41, 5.74) is 2.25. The fourth-order valence-corrected chi connectivity index (χ4v) is 1.22. The van der Waals surface area contributed by atoms with Gasteiger partial charge in [-0.3, -0.25) is 4.79 Å². The largest absolute Gasteiger partial charge is 0.469 e. The van der Waals surface area contributed by atoms with Crippen LogP contribution in [0.1, 0.15) is 30.4 Å². The molecule has 2 nitrogen and oxygen atoms in total. The van der Waals surface area contributed by atoms with E-state index in [-0.39, 0.29) is 5.97 Å². The summed E-state index contributed by atoms with van der Waals surface area (Å²) in [4.78, 5) is 10.8. The van der Waals surface area contributed by atoms with Crippen molar-refractivity contribution in [1.29, 1.82) is 0 Å². The van der Waals surface area contributed by atoms with Crippen LogP contribution in [-0.4, -0.2) is 13.1 Å². The number of ether oxygens (including phenoxy) is 1. The lowest BCUT2D eigenvalue weighted by atomic mass is 10.1. The summed E-state index contributed by atoms with van der Waals surface area (Å²) in [5.74, 6) is 5.93. The normalized spacial score (nSPS) is 9.12. The number of carbonyl (C=O) groups excluding carboxylic acids is 1. The zero-order valence-corrected chi connectivity index (χ0v) is 9.75. The van der Waals surface area contributed by atoms with Gasteiger partial charge in [0.25, 0.3) is 0 Å². The van der Waals surface area contributed by atoms with Crippen LogP contribution in [0.2, 0.25) is 0 Å². The van der Waals surface area contributed by atoms with Gasteiger partial charge in [-0.05, 0) is 25.5 Å². The fraction of sp³-hybridized carbons (Fsp3) is 0.357. The Bertz CT molecular complexity index is 393. The summed E-state index contributed by atoms with van der Waals surface area (Å²) >= 11 is 0. The number of hydrogen-bond acceptors (Lipinski definition) is 2. The number of methoxy groups -OCH3 is 1. The van der Waals surface area contributed by atoms with Crippen molar-refractivity contribution in [3.63, 3.8) is 0 Å². The number of aryl methyl sites for hydroxylation is 1. The van der Waals surface area contributed by atoms with Gasteiger partial charge in [-0.2, -0.15) is 0 Å². The number of unbranched alkanes of at least 4 members (excludes halogenated alkanes) is 1. The highest BCUT2D eigenvalue weighted by molar-refractivity contribution is 5.69. The van der Waals surface area contributed by atoms with E-state index in [1.54, 1.807) is 0 Å². The molecule has 0 saturated heterocycles. The Balaban J connectivity index is 2.32. The number of hydrogen-bond donors (Lipinski definition) is 0. The molecule has 0 atom stereocenters. The minimum absolute atomic E-state index is 0.169. The number of carbonyl (C=O) groups is 1. The van der Waals surface area contributed by atoms with Crippen molar-refractivity contribution in [2.45, 2.75) is 26.2 Å². The van der Waals surface area contributed by atoms with E-state index < -0.39 is 0 Å². The maximum absolute atomic E-state index is 10.8. The Labute approximate surface area is 96.6 Å². The average molecular weight is 216 g/mol. The van der Waals surface area contributed by atoms with Gasteiger partial charge >= 0.3 is 5.97 Å². The van der Waals surface area contributed by atoms with Gasteiger partial charge in [0.1, 0.15) is 0 Å². The van der Waals surface area contributed by atoms with Crippen LogP contribution in [0.5, 0.6) is 0 Å². The summed E-state index contributed by atoms with van der Waals surface area (Å²) in [5, 5.41) is 0. The van der Waals surface area contributed by atoms with E-state index >= 15 is 0 Å². The van der Waals surface area contributed by atoms with E-state index in [2.05, 4.69) is 16.6 Å². The Morgan fingerprint density at radius 3 is 2.62 bits per heavy atom. The molecule has 2 heteroatoms. The first-order valence-electron chi connectivity index (χ1n) is 5.34. The van der Waals surface area contributed by atoms with E-state index in [0.717, 1.165) is 18.4 Å². The molecule has 0 fully saturated rings. The summed E-state index contributed by atoms with van der Waals surface area (Å²) in [7, 11) is 1.40. The highest BCUT2D eigenvalue weighted by Gasteiger charge is 1.96. The van der Waals surface area contributed by atoms with Gasteiger partial charge in [0.15, 0.2) is 0 Å². The Morgan fingerprint density at radius 1 is 1.31 bits per heavy atom. The third kappa shape index (κ3) is 4.65. The highest BCUT2D eigenvalue weighted by Crippen LogP contribution is 2.01. The molecule has 1 rings (SSSR count). The summed E-state index contributed by atoms with van der Waals surface area (Å²) in [6, 6.07) is 8.09. The van der Waals surface area contributed by atoms with Gasteiger partial charge in [-0.25, -0.2) is 0 Å². The van der Waals surface area contributed by atoms with Crippen LogP contribution in [0.3, 0.4) is 0 Å². The van der Waals surface area contributed by atoms with Crippen LogP contribution in [0, 0.1) is 18.8 Å². The van der Waals surface area contributed by atoms with Crippen LogP contribution >= 0.6 is 0 Å². The second kappa shape index (κ2) is 6.68. The van der Waals surface area contributed by atoms with Crippen LogP contribution in [0.4, 0.5) is 0 Å². The first kappa shape index (κ1) is 12.3. The monoisotopic (exact) mass is 216 g/mol. The minimum Gasteiger partial charge on any atom is -0.469 e. The number of rotatable bonds is 3. The van der Waals surface area contributed by atoms with Gasteiger partial charge in [0.05, 0.1) is 7.11 Å². The molecule has 0 unspecified atom stereocenters. The maximum atomic E-state index is 10.8. The summed E-state index contributed by atoms with van der Waals surface area (Å²) < 4.78 is 4.54. The van der Waals surface area contributed by atoms with Crippen molar-refractivity contribution in [3.05, 3.63) is 35.4 Å². The number of esters is 1. The topological polar surface area (TPSA) is 26.3 Å². The SMILES string of the molecule is COC(=O)CCCC#Cc1ccc(C)cc1. The van der Waals surface area contributed by atoms with Crippen molar-refractivity contribution in [2.75, 3.05) is 7.11 Å². The smallest absolute Gasteiger partial charge is 0.305 e. The van der Waals surface area contributed by atoms with Crippen LogP contribution in [0.25, 0.3) is 0 Å². The van der Waals surface area contributed by atoms with Gasteiger partial charge in [-0.1, -0.05) is 29.5 Å². The first-order valence-corrected chi connectivity index (χ1v) is 5.34. The lowest BCUT2D eigenvalue weighted by molar-refractivity contribution is -0.140. The molecule has 0 aliphatic carbocycles. The maximum Gasteiger partial charge on any atom is 0.305 e. The molecule has 0 bridgehead atoms. The molecular formula is C14H16O2. The molecule has 1 aromatic carbocycles. The van der Waals surface area contributed by atoms with Crippen LogP contribution < -0.4 is 0 Å². The van der Waals surface area contributed by atoms with Crippen molar-refractivity contribution in [2.24, 2.45) is 0 Å². The lowest BCUT2D eigenvalue weighted by Crippen LogP contribution is -1.98. The van der Waals surface area contributed by atoms with E-state index in [4.69, 9.17) is 0 Å². The molecule has 0 saturated carbocycles. The molecule has 0 radical (unpaired) electrons. The average Bonchev–Trinajstić information content (AvgIpc) is 2.31. The molecule has 84 valence electrons. The summed E-state index contributed by atoms with van der Waals surface area (Å²) in [6.07, 6.45) is 1.92. The lowest BCUT2D eigenvalue weighted by Gasteiger charge is -1.94. The van der Waals surface area contributed by atoms with Crippen molar-refractivity contribution >= 4 is 5.97 Å². The van der Waals surface area contributed by atoms with Crippen LogP contribution in [-0.2, 0) is 9.53 Å². The van der Waals surface area contributed by atoms with Gasteiger partial charge in [0.2, 0.25) is 0 Å². The molecule has 0 aromatic heterocycles. The zero-order chi connectivity index (χ0) is 11.8. The fourth-order valence-electron chi connectivity index (χ4n) is 1.22. The third-order valence-corrected chi connectivity index (χ3v) is 2.19. The molecule has 1 aromatic rings. The van der Waals surface area contributed by atoms with Gasteiger partial charge in [-0.15, -0.1) is 0 Å². The molecule has 0 amide bonds. The standard InChI is InChI=1S/C14H16O2/c1-12-8-10-13(11-9-12)6-4-3-5-7-14(15)16-2/h8-11H,3,5,7H2,1-2H3. The molecule has 0 N–H and O–H groups in total. The molecular weight excluding hydrogens is 200 g/mol. The van der Waals surface area contributed by atoms with E-state index in [1.807, 2.05) is 31.2 Å². The van der Waals surface area contributed by atoms with Crippen molar-refractivity contribution in [3.8, 4) is 11.8 Å². The predicted molar refractivity (Wildman–Crippen MR) is 63.9 cm³/mol. The second-order valence-corrected chi connectivity index (χ2v) is 3.60. The first-order chi connectivity index (χ1) is 7.72. The quantitative estimate of drug-likeness (QED) is 0.441. The molecule has 0 aliphatic rings. The minimum atomic E-state index is -0.169. The molecule has 0 spiro atoms. The predicted octanol–water partition coefficient (Wildman–Crippen LogP) is 2.69. The van der Waals surface area contributed by atoms with E-state index in [9.17, 15) is 4.79 Å². The molecule has 16 heavy (non-hydrogen) atoms. The molecule has 0 aliphatic heterocycles. The van der Waals surface area contributed by atoms with Gasteiger partial charge < -0.3 is 4.74 Å². The Morgan fingerprint density at radius 2 is 2.00 bits per heavy atom. The number of benzene rings is 1. The molecule has 0 heterocycles. The zero-order valence-electron chi connectivity index (χ0n) is 9.75. The Kier molecular flexibility index (Phi) is 5.15. The third-order valence-electron chi connectivity index (χ3n) is 2.19. The van der Waals surface area contributed by atoms with Gasteiger partial charge in [0, 0.05) is 18.4 Å². The Hall–Kier alpha value is -1.75. The van der Waals surface area contributed by atoms with Crippen molar-refractivity contribution in [1.82, 2.24) is 0 Å². The second-order valence-electron chi connectivity index (χ2n) is 3.60. The van der Waals surface area contributed by atoms with Crippen molar-refractivity contribution < 1.29 is 9.53 Å². The van der Waals surface area contributed by atoms with Crippen LogP contribution in [0.15, 0.2) is 24.3 Å². The van der Waals surface area contributed by atoms with E-state index in [0.29, 0.717) is 6.42 Å². The summed E-state index contributed by atoms with van der Waals surface area (Å²) in [6.45, 7) is 2.05. The highest BCUT2D eigenvalue weighted by atomic mass is 16.5.